The number of piperidine rings is 1. The molecule has 1 aromatic carbocycles. The number of carbonyl (C=O) groups is 1. The predicted molar refractivity (Wildman–Crippen MR) is 94.4 cm³/mol. The summed E-state index contributed by atoms with van der Waals surface area (Å²) in [6.07, 6.45) is 2.66. The van der Waals surface area contributed by atoms with Crippen molar-refractivity contribution in [3.63, 3.8) is 0 Å². The average Bonchev–Trinajstić information content (AvgIpc) is 3.02. The Morgan fingerprint density at radius 3 is 2.58 bits per heavy atom. The van der Waals surface area contributed by atoms with Crippen molar-refractivity contribution in [3.05, 3.63) is 47.3 Å². The predicted octanol–water partition coefficient (Wildman–Crippen LogP) is 3.29. The van der Waals surface area contributed by atoms with Gasteiger partial charge in [-0.25, -0.2) is 0 Å². The fourth-order valence-electron chi connectivity index (χ4n) is 3.42. The molecule has 24 heavy (non-hydrogen) atoms. The van der Waals surface area contributed by atoms with E-state index < -0.39 is 0 Å². The van der Waals surface area contributed by atoms with Crippen molar-refractivity contribution in [1.29, 1.82) is 0 Å². The Balaban J connectivity index is 1.65. The first-order valence-electron chi connectivity index (χ1n) is 8.64. The van der Waals surface area contributed by atoms with E-state index in [9.17, 15) is 4.79 Å². The van der Waals surface area contributed by atoms with Crippen molar-refractivity contribution >= 4 is 11.6 Å². The molecule has 1 fully saturated rings. The van der Waals surface area contributed by atoms with Crippen molar-refractivity contribution in [2.24, 2.45) is 0 Å². The number of carbonyl (C=O) groups excluding carboxylic acids is 1. The van der Waals surface area contributed by atoms with Gasteiger partial charge < -0.3 is 14.3 Å². The molecule has 0 radical (unpaired) electrons. The standard InChI is InChI=1S/C19H25N3O2/c1-4-17-18(14(2)24-20-17)19(23)22-12-10-16(11-13-22)21(3)15-8-6-5-7-9-15/h5-9,16H,4,10-13H2,1-3H3. The number of hydrogen-bond donors (Lipinski definition) is 0. The molecule has 0 atom stereocenters. The van der Waals surface area contributed by atoms with Gasteiger partial charge in [0.05, 0.1) is 5.69 Å². The molecule has 2 heterocycles. The number of amides is 1. The summed E-state index contributed by atoms with van der Waals surface area (Å²) >= 11 is 0. The highest BCUT2D eigenvalue weighted by atomic mass is 16.5. The second kappa shape index (κ2) is 7.07. The molecule has 0 N–H and O–H groups in total. The minimum Gasteiger partial charge on any atom is -0.371 e. The summed E-state index contributed by atoms with van der Waals surface area (Å²) in [6.45, 7) is 5.35. The molecular formula is C19H25N3O2. The number of anilines is 1. The van der Waals surface area contributed by atoms with Gasteiger partial charge in [-0.1, -0.05) is 30.3 Å². The molecule has 1 aliphatic heterocycles. The zero-order valence-electron chi connectivity index (χ0n) is 14.7. The van der Waals surface area contributed by atoms with Crippen LogP contribution in [0.25, 0.3) is 0 Å². The Hall–Kier alpha value is -2.30. The zero-order chi connectivity index (χ0) is 17.1. The summed E-state index contributed by atoms with van der Waals surface area (Å²) in [5.74, 6) is 0.687. The van der Waals surface area contributed by atoms with Gasteiger partial charge >= 0.3 is 0 Å². The van der Waals surface area contributed by atoms with E-state index in [1.807, 2.05) is 24.8 Å². The summed E-state index contributed by atoms with van der Waals surface area (Å²) in [5.41, 5.74) is 2.65. The lowest BCUT2D eigenvalue weighted by Crippen LogP contribution is -2.45. The lowest BCUT2D eigenvalue weighted by Gasteiger charge is -2.37. The van der Waals surface area contributed by atoms with E-state index in [1.54, 1.807) is 0 Å². The van der Waals surface area contributed by atoms with Crippen LogP contribution in [0.4, 0.5) is 5.69 Å². The molecule has 1 aromatic heterocycles. The average molecular weight is 327 g/mol. The van der Waals surface area contributed by atoms with Crippen molar-refractivity contribution in [1.82, 2.24) is 10.1 Å². The second-order valence-corrected chi connectivity index (χ2v) is 6.38. The van der Waals surface area contributed by atoms with Gasteiger partial charge in [0.25, 0.3) is 5.91 Å². The quantitative estimate of drug-likeness (QED) is 0.865. The largest absolute Gasteiger partial charge is 0.371 e. The molecular weight excluding hydrogens is 302 g/mol. The Labute approximate surface area is 143 Å². The Morgan fingerprint density at radius 1 is 1.29 bits per heavy atom. The number of likely N-dealkylation sites (tertiary alicyclic amines) is 1. The molecule has 1 amide bonds. The highest BCUT2D eigenvalue weighted by Crippen LogP contribution is 2.24. The summed E-state index contributed by atoms with van der Waals surface area (Å²) < 4.78 is 5.21. The lowest BCUT2D eigenvalue weighted by molar-refractivity contribution is 0.0710. The smallest absolute Gasteiger partial charge is 0.259 e. The van der Waals surface area contributed by atoms with Gasteiger partial charge in [0.2, 0.25) is 0 Å². The van der Waals surface area contributed by atoms with Crippen molar-refractivity contribution in [3.8, 4) is 0 Å². The fourth-order valence-corrected chi connectivity index (χ4v) is 3.42. The SMILES string of the molecule is CCc1noc(C)c1C(=O)N1CCC(N(C)c2ccccc2)CC1. The van der Waals surface area contributed by atoms with Crippen LogP contribution in [-0.4, -0.2) is 42.1 Å². The Bertz CT molecular complexity index is 688. The number of aryl methyl sites for hydroxylation is 2. The molecule has 0 bridgehead atoms. The van der Waals surface area contributed by atoms with Crippen molar-refractivity contribution in [2.75, 3.05) is 25.0 Å². The molecule has 1 saturated heterocycles. The van der Waals surface area contributed by atoms with E-state index in [2.05, 4.69) is 41.4 Å². The molecule has 1 aliphatic rings. The molecule has 128 valence electrons. The van der Waals surface area contributed by atoms with Crippen LogP contribution >= 0.6 is 0 Å². The van der Waals surface area contributed by atoms with Crippen LogP contribution in [0.5, 0.6) is 0 Å². The zero-order valence-corrected chi connectivity index (χ0v) is 14.7. The topological polar surface area (TPSA) is 49.6 Å². The summed E-state index contributed by atoms with van der Waals surface area (Å²) in [5, 5.41) is 4.00. The number of hydrogen-bond acceptors (Lipinski definition) is 4. The fraction of sp³-hybridized carbons (Fsp3) is 0.474. The van der Waals surface area contributed by atoms with E-state index in [-0.39, 0.29) is 5.91 Å². The minimum absolute atomic E-state index is 0.0615. The molecule has 0 spiro atoms. The Kier molecular flexibility index (Phi) is 4.88. The van der Waals surface area contributed by atoms with Gasteiger partial charge in [-0.15, -0.1) is 0 Å². The normalized spacial score (nSPS) is 15.5. The van der Waals surface area contributed by atoms with Crippen LogP contribution in [-0.2, 0) is 6.42 Å². The van der Waals surface area contributed by atoms with Crippen molar-refractivity contribution in [2.45, 2.75) is 39.2 Å². The third-order valence-corrected chi connectivity index (χ3v) is 4.95. The first-order valence-corrected chi connectivity index (χ1v) is 8.64. The van der Waals surface area contributed by atoms with Crippen LogP contribution in [0.3, 0.4) is 0 Å². The molecule has 5 nitrogen and oxygen atoms in total. The lowest BCUT2D eigenvalue weighted by atomic mass is 10.0. The van der Waals surface area contributed by atoms with Crippen LogP contribution < -0.4 is 4.90 Å². The highest BCUT2D eigenvalue weighted by molar-refractivity contribution is 5.96. The first-order chi connectivity index (χ1) is 11.6. The monoisotopic (exact) mass is 327 g/mol. The third kappa shape index (κ3) is 3.16. The van der Waals surface area contributed by atoms with Gasteiger partial charge in [-0.2, -0.15) is 0 Å². The maximum atomic E-state index is 12.8. The minimum atomic E-state index is 0.0615. The van der Waals surface area contributed by atoms with E-state index in [0.717, 1.165) is 31.6 Å². The molecule has 2 aromatic rings. The summed E-state index contributed by atoms with van der Waals surface area (Å²) in [4.78, 5) is 17.1. The summed E-state index contributed by atoms with van der Waals surface area (Å²) in [6, 6.07) is 10.9. The van der Waals surface area contributed by atoms with Gasteiger partial charge in [0.1, 0.15) is 11.3 Å². The van der Waals surface area contributed by atoms with E-state index in [4.69, 9.17) is 4.52 Å². The van der Waals surface area contributed by atoms with E-state index >= 15 is 0 Å². The molecule has 0 saturated carbocycles. The number of para-hydroxylation sites is 1. The van der Waals surface area contributed by atoms with Crippen LogP contribution in [0, 0.1) is 6.92 Å². The number of nitrogens with zero attached hydrogens (tertiary/aromatic N) is 3. The maximum absolute atomic E-state index is 12.8. The molecule has 0 unspecified atom stereocenters. The highest BCUT2D eigenvalue weighted by Gasteiger charge is 2.29. The van der Waals surface area contributed by atoms with E-state index in [0.29, 0.717) is 23.8 Å². The Morgan fingerprint density at radius 2 is 1.96 bits per heavy atom. The third-order valence-electron chi connectivity index (χ3n) is 4.95. The van der Waals surface area contributed by atoms with Gasteiger partial charge in [-0.05, 0) is 38.3 Å². The van der Waals surface area contributed by atoms with Crippen molar-refractivity contribution < 1.29 is 9.32 Å². The van der Waals surface area contributed by atoms with Gasteiger partial charge in [-0.3, -0.25) is 4.79 Å². The van der Waals surface area contributed by atoms with Crippen LogP contribution in [0.1, 0.15) is 41.6 Å². The molecule has 0 aliphatic carbocycles. The number of aromatic nitrogens is 1. The molecule has 5 heteroatoms. The van der Waals surface area contributed by atoms with Gasteiger partial charge in [0.15, 0.2) is 0 Å². The molecule has 3 rings (SSSR count). The summed E-state index contributed by atoms with van der Waals surface area (Å²) in [7, 11) is 2.14. The second-order valence-electron chi connectivity index (χ2n) is 6.38. The number of rotatable bonds is 4. The number of benzene rings is 1. The van der Waals surface area contributed by atoms with E-state index in [1.165, 1.54) is 5.69 Å². The van der Waals surface area contributed by atoms with Crippen LogP contribution in [0.2, 0.25) is 0 Å². The van der Waals surface area contributed by atoms with Crippen LogP contribution in [0.15, 0.2) is 34.9 Å². The maximum Gasteiger partial charge on any atom is 0.259 e. The van der Waals surface area contributed by atoms with Gasteiger partial charge in [0, 0.05) is 31.9 Å². The first kappa shape index (κ1) is 16.6.